The quantitative estimate of drug-likeness (QED) is 0.839. The van der Waals surface area contributed by atoms with Crippen LogP contribution >= 0.6 is 11.8 Å². The van der Waals surface area contributed by atoms with Crippen molar-refractivity contribution in [1.82, 2.24) is 0 Å². The van der Waals surface area contributed by atoms with Crippen LogP contribution in [-0.2, 0) is 5.60 Å². The molecule has 0 saturated heterocycles. The van der Waals surface area contributed by atoms with Gasteiger partial charge in [-0.15, -0.1) is 11.8 Å². The standard InChI is InChI=1S/C14H16O2S/c1-11-13(8-9-16-11)17-10-14(2,15)12-6-4-3-5-7-12/h3-9,15H,10H2,1-2H3. The molecule has 2 aromatic rings. The highest BCUT2D eigenvalue weighted by molar-refractivity contribution is 7.99. The number of hydrogen-bond acceptors (Lipinski definition) is 3. The van der Waals surface area contributed by atoms with Gasteiger partial charge in [0, 0.05) is 10.6 Å². The van der Waals surface area contributed by atoms with Crippen molar-refractivity contribution < 1.29 is 9.52 Å². The molecule has 0 bridgehead atoms. The molecule has 0 aliphatic rings. The smallest absolute Gasteiger partial charge is 0.114 e. The molecule has 3 heteroatoms. The lowest BCUT2D eigenvalue weighted by atomic mass is 9.99. The Hall–Kier alpha value is -1.19. The first-order valence-corrected chi connectivity index (χ1v) is 6.53. The Bertz CT molecular complexity index is 474. The second-order valence-electron chi connectivity index (χ2n) is 4.27. The van der Waals surface area contributed by atoms with Gasteiger partial charge < -0.3 is 9.52 Å². The van der Waals surface area contributed by atoms with Gasteiger partial charge in [-0.25, -0.2) is 0 Å². The fourth-order valence-electron chi connectivity index (χ4n) is 1.62. The normalized spacial score (nSPS) is 14.5. The van der Waals surface area contributed by atoms with E-state index in [-0.39, 0.29) is 0 Å². The minimum atomic E-state index is -0.824. The van der Waals surface area contributed by atoms with E-state index in [0.717, 1.165) is 16.2 Å². The maximum absolute atomic E-state index is 10.4. The summed E-state index contributed by atoms with van der Waals surface area (Å²) in [6.45, 7) is 3.77. The minimum absolute atomic E-state index is 0.609. The van der Waals surface area contributed by atoms with Crippen LogP contribution in [0.1, 0.15) is 18.2 Å². The summed E-state index contributed by atoms with van der Waals surface area (Å²) in [5.41, 5.74) is 0.115. The van der Waals surface area contributed by atoms with E-state index in [1.165, 1.54) is 0 Å². The molecule has 2 nitrogen and oxygen atoms in total. The lowest BCUT2D eigenvalue weighted by Gasteiger charge is -2.23. The molecule has 0 radical (unpaired) electrons. The van der Waals surface area contributed by atoms with Crippen molar-refractivity contribution in [3.05, 3.63) is 54.0 Å². The van der Waals surface area contributed by atoms with Crippen LogP contribution in [0, 0.1) is 6.92 Å². The highest BCUT2D eigenvalue weighted by Crippen LogP contribution is 2.31. The maximum Gasteiger partial charge on any atom is 0.114 e. The molecule has 1 aromatic heterocycles. The van der Waals surface area contributed by atoms with Crippen molar-refractivity contribution in [2.45, 2.75) is 24.3 Å². The molecule has 90 valence electrons. The third-order valence-electron chi connectivity index (χ3n) is 2.72. The van der Waals surface area contributed by atoms with Gasteiger partial charge in [0.25, 0.3) is 0 Å². The number of aliphatic hydroxyl groups is 1. The summed E-state index contributed by atoms with van der Waals surface area (Å²) in [6.07, 6.45) is 1.68. The summed E-state index contributed by atoms with van der Waals surface area (Å²) < 4.78 is 5.23. The summed E-state index contributed by atoms with van der Waals surface area (Å²) in [4.78, 5) is 1.08. The Kier molecular flexibility index (Phi) is 3.60. The van der Waals surface area contributed by atoms with Crippen molar-refractivity contribution in [2.24, 2.45) is 0 Å². The Labute approximate surface area is 106 Å². The average Bonchev–Trinajstić information content (AvgIpc) is 2.74. The lowest BCUT2D eigenvalue weighted by molar-refractivity contribution is 0.0839. The van der Waals surface area contributed by atoms with Crippen molar-refractivity contribution in [3.8, 4) is 0 Å². The molecule has 0 saturated carbocycles. The maximum atomic E-state index is 10.4. The van der Waals surface area contributed by atoms with Gasteiger partial charge in [-0.1, -0.05) is 30.3 Å². The SMILES string of the molecule is Cc1occc1SCC(C)(O)c1ccccc1. The van der Waals surface area contributed by atoms with Crippen LogP contribution in [0.15, 0.2) is 52.0 Å². The molecule has 1 N–H and O–H groups in total. The van der Waals surface area contributed by atoms with Gasteiger partial charge in [0.15, 0.2) is 0 Å². The molecule has 1 unspecified atom stereocenters. The molecule has 0 fully saturated rings. The Morgan fingerprint density at radius 2 is 1.94 bits per heavy atom. The Morgan fingerprint density at radius 1 is 1.24 bits per heavy atom. The first-order valence-electron chi connectivity index (χ1n) is 5.54. The van der Waals surface area contributed by atoms with Gasteiger partial charge in [-0.2, -0.15) is 0 Å². The fraction of sp³-hybridized carbons (Fsp3) is 0.286. The predicted molar refractivity (Wildman–Crippen MR) is 70.2 cm³/mol. The average molecular weight is 248 g/mol. The van der Waals surface area contributed by atoms with Gasteiger partial charge in [0.2, 0.25) is 0 Å². The van der Waals surface area contributed by atoms with E-state index in [9.17, 15) is 5.11 Å². The number of aryl methyl sites for hydroxylation is 1. The second-order valence-corrected chi connectivity index (χ2v) is 5.29. The molecule has 17 heavy (non-hydrogen) atoms. The molecule has 0 amide bonds. The van der Waals surface area contributed by atoms with Crippen molar-refractivity contribution >= 4 is 11.8 Å². The van der Waals surface area contributed by atoms with Gasteiger partial charge in [-0.05, 0) is 25.5 Å². The van der Waals surface area contributed by atoms with Crippen molar-refractivity contribution in [2.75, 3.05) is 5.75 Å². The van der Waals surface area contributed by atoms with E-state index in [1.54, 1.807) is 18.0 Å². The molecule has 0 aliphatic heterocycles. The highest BCUT2D eigenvalue weighted by atomic mass is 32.2. The number of hydrogen-bond donors (Lipinski definition) is 1. The van der Waals surface area contributed by atoms with E-state index in [2.05, 4.69) is 0 Å². The van der Waals surface area contributed by atoms with Crippen LogP contribution in [0.5, 0.6) is 0 Å². The van der Waals surface area contributed by atoms with E-state index in [4.69, 9.17) is 4.42 Å². The molecule has 1 aromatic carbocycles. The molecule has 1 atom stereocenters. The van der Waals surface area contributed by atoms with Crippen LogP contribution in [0.25, 0.3) is 0 Å². The van der Waals surface area contributed by atoms with E-state index in [0.29, 0.717) is 5.75 Å². The number of thioether (sulfide) groups is 1. The summed E-state index contributed by atoms with van der Waals surface area (Å²) in [6, 6.07) is 11.7. The first-order chi connectivity index (χ1) is 8.09. The molecule has 2 rings (SSSR count). The lowest BCUT2D eigenvalue weighted by Crippen LogP contribution is -2.24. The van der Waals surface area contributed by atoms with E-state index >= 15 is 0 Å². The summed E-state index contributed by atoms with van der Waals surface area (Å²) in [5, 5.41) is 10.4. The molecule has 1 heterocycles. The van der Waals surface area contributed by atoms with Gasteiger partial charge in [0.05, 0.1) is 11.9 Å². The zero-order valence-corrected chi connectivity index (χ0v) is 10.8. The van der Waals surface area contributed by atoms with E-state index in [1.807, 2.05) is 50.2 Å². The zero-order valence-electron chi connectivity index (χ0n) is 10.0. The van der Waals surface area contributed by atoms with Crippen LogP contribution in [-0.4, -0.2) is 10.9 Å². The van der Waals surface area contributed by atoms with Crippen LogP contribution in [0.4, 0.5) is 0 Å². The second kappa shape index (κ2) is 4.98. The van der Waals surface area contributed by atoms with Gasteiger partial charge in [0.1, 0.15) is 5.76 Å². The van der Waals surface area contributed by atoms with Crippen molar-refractivity contribution in [1.29, 1.82) is 0 Å². The number of rotatable bonds is 4. The largest absolute Gasteiger partial charge is 0.468 e. The Balaban J connectivity index is 2.06. The summed E-state index contributed by atoms with van der Waals surface area (Å²) >= 11 is 1.61. The molecular weight excluding hydrogens is 232 g/mol. The summed E-state index contributed by atoms with van der Waals surface area (Å²) in [5.74, 6) is 1.51. The molecular formula is C14H16O2S. The Morgan fingerprint density at radius 3 is 2.53 bits per heavy atom. The first kappa shape index (κ1) is 12.3. The third kappa shape index (κ3) is 2.93. The van der Waals surface area contributed by atoms with Gasteiger partial charge in [-0.3, -0.25) is 0 Å². The predicted octanol–water partition coefficient (Wildman–Crippen LogP) is 3.59. The highest BCUT2D eigenvalue weighted by Gasteiger charge is 2.23. The summed E-state index contributed by atoms with van der Waals surface area (Å²) in [7, 11) is 0. The number of benzene rings is 1. The van der Waals surface area contributed by atoms with E-state index < -0.39 is 5.60 Å². The van der Waals surface area contributed by atoms with Gasteiger partial charge >= 0.3 is 0 Å². The monoisotopic (exact) mass is 248 g/mol. The topological polar surface area (TPSA) is 33.4 Å². The zero-order chi connectivity index (χ0) is 12.3. The van der Waals surface area contributed by atoms with Crippen molar-refractivity contribution in [3.63, 3.8) is 0 Å². The molecule has 0 spiro atoms. The van der Waals surface area contributed by atoms with Crippen LogP contribution in [0.3, 0.4) is 0 Å². The minimum Gasteiger partial charge on any atom is -0.468 e. The third-order valence-corrected chi connectivity index (χ3v) is 4.16. The van der Waals surface area contributed by atoms with Crippen LogP contribution in [0.2, 0.25) is 0 Å². The van der Waals surface area contributed by atoms with Crippen LogP contribution < -0.4 is 0 Å². The molecule has 0 aliphatic carbocycles. The number of furan rings is 1. The fourth-order valence-corrected chi connectivity index (χ4v) is 2.63.